The van der Waals surface area contributed by atoms with Crippen LogP contribution in [-0.4, -0.2) is 88.9 Å². The summed E-state index contributed by atoms with van der Waals surface area (Å²) in [5, 5.41) is 3.39. The van der Waals surface area contributed by atoms with E-state index >= 15 is 0 Å². The third-order valence-corrected chi connectivity index (χ3v) is 6.94. The van der Waals surface area contributed by atoms with Crippen molar-refractivity contribution >= 4 is 40.0 Å². The summed E-state index contributed by atoms with van der Waals surface area (Å²) in [5.41, 5.74) is 2.31. The Balaban J connectivity index is 0.00000480. The molecule has 2 rings (SSSR count). The van der Waals surface area contributed by atoms with Crippen LogP contribution in [0, 0.1) is 6.92 Å². The minimum absolute atomic E-state index is 0. The number of ether oxygens (including phenoxy) is 2. The lowest BCUT2D eigenvalue weighted by Crippen LogP contribution is -2.54. The molecule has 1 aromatic carbocycles. The van der Waals surface area contributed by atoms with Crippen LogP contribution >= 0.6 is 24.0 Å². The van der Waals surface area contributed by atoms with Crippen molar-refractivity contribution in [3.63, 3.8) is 0 Å². The first-order valence-electron chi connectivity index (χ1n) is 10.5. The van der Waals surface area contributed by atoms with E-state index in [-0.39, 0.29) is 42.4 Å². The van der Waals surface area contributed by atoms with Gasteiger partial charge in [0, 0.05) is 39.8 Å². The Hall–Kier alpha value is -1.11. The van der Waals surface area contributed by atoms with Gasteiger partial charge >= 0.3 is 0 Å². The SMILES string of the molecule is CN=C(NCCc1ccc(C)c(OC)c1)N1CCN(S(=O)(=O)CCOC(C)C)CC1.I. The first-order chi connectivity index (χ1) is 14.3. The Morgan fingerprint density at radius 2 is 1.90 bits per heavy atom. The van der Waals surface area contributed by atoms with Crippen molar-refractivity contribution in [3.8, 4) is 5.75 Å². The largest absolute Gasteiger partial charge is 0.496 e. The Bertz CT molecular complexity index is 810. The number of benzene rings is 1. The molecule has 0 bridgehead atoms. The number of nitrogens with one attached hydrogen (secondary N) is 1. The van der Waals surface area contributed by atoms with Crippen LogP contribution in [0.2, 0.25) is 0 Å². The lowest BCUT2D eigenvalue weighted by Gasteiger charge is -2.35. The number of rotatable bonds is 9. The standard InChI is InChI=1S/C21H36N4O4S.HI/c1-17(2)29-14-15-30(26,27)25-12-10-24(11-13-25)21(22-4)23-9-8-19-7-6-18(3)20(16-19)28-5;/h6-7,16-17H,8-15H2,1-5H3,(H,22,23);1H. The molecule has 1 heterocycles. The van der Waals surface area contributed by atoms with Gasteiger partial charge in [-0.1, -0.05) is 12.1 Å². The normalized spacial score (nSPS) is 15.7. The predicted molar refractivity (Wildman–Crippen MR) is 136 cm³/mol. The molecular weight excluding hydrogens is 531 g/mol. The molecule has 0 amide bonds. The minimum atomic E-state index is -3.29. The van der Waals surface area contributed by atoms with Gasteiger partial charge in [0.05, 0.1) is 25.6 Å². The van der Waals surface area contributed by atoms with Gasteiger partial charge < -0.3 is 19.7 Å². The average molecular weight is 569 g/mol. The monoisotopic (exact) mass is 568 g/mol. The molecule has 0 atom stereocenters. The zero-order chi connectivity index (χ0) is 22.1. The number of nitrogens with zero attached hydrogens (tertiary/aromatic N) is 3. The highest BCUT2D eigenvalue weighted by molar-refractivity contribution is 14.0. The molecule has 10 heteroatoms. The smallest absolute Gasteiger partial charge is 0.216 e. The van der Waals surface area contributed by atoms with Crippen LogP contribution in [-0.2, 0) is 21.2 Å². The number of piperazine rings is 1. The quantitative estimate of drug-likeness (QED) is 0.279. The summed E-state index contributed by atoms with van der Waals surface area (Å²) >= 11 is 0. The average Bonchev–Trinajstić information content (AvgIpc) is 2.72. The summed E-state index contributed by atoms with van der Waals surface area (Å²) in [6.45, 7) is 8.94. The Morgan fingerprint density at radius 1 is 1.23 bits per heavy atom. The maximum absolute atomic E-state index is 12.5. The van der Waals surface area contributed by atoms with Crippen LogP contribution in [0.3, 0.4) is 0 Å². The van der Waals surface area contributed by atoms with Gasteiger partial charge in [0.2, 0.25) is 10.0 Å². The number of guanidine groups is 1. The molecule has 0 radical (unpaired) electrons. The molecule has 0 aromatic heterocycles. The second-order valence-electron chi connectivity index (χ2n) is 7.65. The molecule has 31 heavy (non-hydrogen) atoms. The third-order valence-electron chi connectivity index (χ3n) is 5.11. The maximum atomic E-state index is 12.5. The fourth-order valence-electron chi connectivity index (χ4n) is 3.37. The van der Waals surface area contributed by atoms with E-state index in [9.17, 15) is 8.42 Å². The summed E-state index contributed by atoms with van der Waals surface area (Å²) in [7, 11) is 0.149. The van der Waals surface area contributed by atoms with Gasteiger partial charge in [-0.2, -0.15) is 4.31 Å². The molecule has 1 aliphatic heterocycles. The van der Waals surface area contributed by atoms with E-state index in [2.05, 4.69) is 33.4 Å². The Labute approximate surface area is 204 Å². The first-order valence-corrected chi connectivity index (χ1v) is 12.1. The molecular formula is C21H37IN4O4S. The van der Waals surface area contributed by atoms with Crippen molar-refractivity contribution in [2.24, 2.45) is 4.99 Å². The highest BCUT2D eigenvalue weighted by Crippen LogP contribution is 2.19. The number of sulfonamides is 1. The van der Waals surface area contributed by atoms with Gasteiger partial charge in [-0.3, -0.25) is 4.99 Å². The zero-order valence-corrected chi connectivity index (χ0v) is 22.4. The van der Waals surface area contributed by atoms with E-state index in [1.807, 2.05) is 20.8 Å². The van der Waals surface area contributed by atoms with Crippen LogP contribution in [0.5, 0.6) is 5.75 Å². The predicted octanol–water partition coefficient (Wildman–Crippen LogP) is 2.11. The number of aryl methyl sites for hydroxylation is 1. The number of aliphatic imine (C=N–C) groups is 1. The molecule has 1 saturated heterocycles. The number of methoxy groups -OCH3 is 1. The van der Waals surface area contributed by atoms with Crippen molar-refractivity contribution in [1.82, 2.24) is 14.5 Å². The molecule has 8 nitrogen and oxygen atoms in total. The summed E-state index contributed by atoms with van der Waals surface area (Å²) in [5.74, 6) is 1.72. The van der Waals surface area contributed by atoms with Crippen LogP contribution in [0.1, 0.15) is 25.0 Å². The van der Waals surface area contributed by atoms with Crippen LogP contribution in [0.15, 0.2) is 23.2 Å². The molecule has 0 aliphatic carbocycles. The van der Waals surface area contributed by atoms with Crippen LogP contribution in [0.4, 0.5) is 0 Å². The highest BCUT2D eigenvalue weighted by atomic mass is 127. The first kappa shape index (κ1) is 27.9. The lowest BCUT2D eigenvalue weighted by atomic mass is 10.1. The fraction of sp³-hybridized carbons (Fsp3) is 0.667. The van der Waals surface area contributed by atoms with Crippen molar-refractivity contribution in [3.05, 3.63) is 29.3 Å². The second kappa shape index (κ2) is 13.4. The topological polar surface area (TPSA) is 83.5 Å². The summed E-state index contributed by atoms with van der Waals surface area (Å²) < 4.78 is 37.3. The van der Waals surface area contributed by atoms with Gasteiger partial charge in [0.25, 0.3) is 0 Å². The van der Waals surface area contributed by atoms with Crippen LogP contribution < -0.4 is 10.1 Å². The van der Waals surface area contributed by atoms with Crippen molar-refractivity contribution in [2.75, 3.05) is 59.2 Å². The van der Waals surface area contributed by atoms with E-state index < -0.39 is 10.0 Å². The van der Waals surface area contributed by atoms with Crippen LogP contribution in [0.25, 0.3) is 0 Å². The summed E-state index contributed by atoms with van der Waals surface area (Å²) in [6, 6.07) is 6.23. The molecule has 178 valence electrons. The third kappa shape index (κ3) is 8.74. The summed E-state index contributed by atoms with van der Waals surface area (Å²) in [4.78, 5) is 6.47. The van der Waals surface area contributed by atoms with E-state index in [4.69, 9.17) is 9.47 Å². The summed E-state index contributed by atoms with van der Waals surface area (Å²) in [6.07, 6.45) is 0.882. The van der Waals surface area contributed by atoms with Crippen molar-refractivity contribution in [2.45, 2.75) is 33.3 Å². The lowest BCUT2D eigenvalue weighted by molar-refractivity contribution is 0.0904. The van der Waals surface area contributed by atoms with Gasteiger partial charge in [-0.15, -0.1) is 24.0 Å². The molecule has 0 spiro atoms. The molecule has 0 saturated carbocycles. The van der Waals surface area contributed by atoms with Gasteiger partial charge in [0.1, 0.15) is 5.75 Å². The highest BCUT2D eigenvalue weighted by Gasteiger charge is 2.27. The van der Waals surface area contributed by atoms with E-state index in [0.29, 0.717) is 26.2 Å². The van der Waals surface area contributed by atoms with Crippen molar-refractivity contribution < 1.29 is 17.9 Å². The van der Waals surface area contributed by atoms with E-state index in [1.54, 1.807) is 18.5 Å². The van der Waals surface area contributed by atoms with Crippen molar-refractivity contribution in [1.29, 1.82) is 0 Å². The molecule has 1 N–H and O–H groups in total. The van der Waals surface area contributed by atoms with Gasteiger partial charge in [-0.25, -0.2) is 8.42 Å². The van der Waals surface area contributed by atoms with E-state index in [0.717, 1.165) is 30.2 Å². The number of halogens is 1. The maximum Gasteiger partial charge on any atom is 0.216 e. The second-order valence-corrected chi connectivity index (χ2v) is 9.74. The molecule has 1 fully saturated rings. The molecule has 1 aromatic rings. The minimum Gasteiger partial charge on any atom is -0.496 e. The van der Waals surface area contributed by atoms with Gasteiger partial charge in [0.15, 0.2) is 5.96 Å². The zero-order valence-electron chi connectivity index (χ0n) is 19.3. The fourth-order valence-corrected chi connectivity index (χ4v) is 4.65. The molecule has 0 unspecified atom stereocenters. The number of hydrogen-bond donors (Lipinski definition) is 1. The Morgan fingerprint density at radius 3 is 2.48 bits per heavy atom. The number of hydrogen-bond acceptors (Lipinski definition) is 5. The Kier molecular flexibility index (Phi) is 12.1. The molecule has 1 aliphatic rings. The van der Waals surface area contributed by atoms with E-state index in [1.165, 1.54) is 5.56 Å². The van der Waals surface area contributed by atoms with Gasteiger partial charge in [-0.05, 0) is 44.4 Å².